The summed E-state index contributed by atoms with van der Waals surface area (Å²) in [5, 5.41) is 0.564. The Balaban J connectivity index is 2.38. The molecule has 0 aliphatic heterocycles. The predicted octanol–water partition coefficient (Wildman–Crippen LogP) is 1.52. The van der Waals surface area contributed by atoms with Crippen molar-refractivity contribution in [2.24, 2.45) is 5.73 Å². The average molecular weight is 257 g/mol. The van der Waals surface area contributed by atoms with Gasteiger partial charge in [0.05, 0.1) is 17.6 Å². The Kier molecular flexibility index (Phi) is 5.25. The summed E-state index contributed by atoms with van der Waals surface area (Å²) in [6, 6.07) is 6.74. The van der Waals surface area contributed by atoms with Gasteiger partial charge in [-0.05, 0) is 19.1 Å². The number of nitrogens with zero attached hydrogens (tertiary/aromatic N) is 1. The molecule has 94 valence electrons. The van der Waals surface area contributed by atoms with Gasteiger partial charge in [-0.1, -0.05) is 23.7 Å². The maximum absolute atomic E-state index is 11.5. The SMILES string of the molecule is C[C@@H](N)C(=O)N(C)CCOc1ccccc1Cl. The third-order valence-corrected chi connectivity index (χ3v) is 2.60. The maximum atomic E-state index is 11.5. The lowest BCUT2D eigenvalue weighted by atomic mass is 10.3. The van der Waals surface area contributed by atoms with Gasteiger partial charge in [-0.25, -0.2) is 0 Å². The second kappa shape index (κ2) is 6.47. The van der Waals surface area contributed by atoms with E-state index in [0.29, 0.717) is 23.9 Å². The average Bonchev–Trinajstić information content (AvgIpc) is 2.30. The zero-order chi connectivity index (χ0) is 12.8. The Morgan fingerprint density at radius 1 is 1.53 bits per heavy atom. The van der Waals surface area contributed by atoms with Gasteiger partial charge in [0.25, 0.3) is 0 Å². The van der Waals surface area contributed by atoms with Gasteiger partial charge in [-0.2, -0.15) is 0 Å². The van der Waals surface area contributed by atoms with Crippen molar-refractivity contribution in [1.29, 1.82) is 0 Å². The molecule has 0 aromatic heterocycles. The van der Waals surface area contributed by atoms with Gasteiger partial charge < -0.3 is 15.4 Å². The first-order valence-corrected chi connectivity index (χ1v) is 5.78. The van der Waals surface area contributed by atoms with Crippen LogP contribution in [0.4, 0.5) is 0 Å². The molecule has 0 fully saturated rings. The number of likely N-dealkylation sites (N-methyl/N-ethyl adjacent to an activating group) is 1. The molecule has 0 heterocycles. The van der Waals surface area contributed by atoms with E-state index in [9.17, 15) is 4.79 Å². The van der Waals surface area contributed by atoms with E-state index in [4.69, 9.17) is 22.1 Å². The lowest BCUT2D eigenvalue weighted by Crippen LogP contribution is -2.41. The Labute approximate surface area is 106 Å². The van der Waals surface area contributed by atoms with Crippen molar-refractivity contribution >= 4 is 17.5 Å². The van der Waals surface area contributed by atoms with E-state index in [1.54, 1.807) is 31.0 Å². The minimum Gasteiger partial charge on any atom is -0.490 e. The second-order valence-electron chi connectivity index (χ2n) is 3.83. The molecule has 2 N–H and O–H groups in total. The normalized spacial score (nSPS) is 12.0. The van der Waals surface area contributed by atoms with Crippen LogP contribution in [0.15, 0.2) is 24.3 Å². The van der Waals surface area contributed by atoms with Crippen molar-refractivity contribution < 1.29 is 9.53 Å². The van der Waals surface area contributed by atoms with E-state index in [1.807, 2.05) is 12.1 Å². The van der Waals surface area contributed by atoms with Crippen LogP contribution in [0.1, 0.15) is 6.92 Å². The molecule has 1 atom stereocenters. The van der Waals surface area contributed by atoms with E-state index in [2.05, 4.69) is 0 Å². The smallest absolute Gasteiger partial charge is 0.239 e. The van der Waals surface area contributed by atoms with Gasteiger partial charge in [-0.3, -0.25) is 4.79 Å². The maximum Gasteiger partial charge on any atom is 0.239 e. The summed E-state index contributed by atoms with van der Waals surface area (Å²) in [5.74, 6) is 0.517. The van der Waals surface area contributed by atoms with Crippen molar-refractivity contribution in [1.82, 2.24) is 4.90 Å². The highest BCUT2D eigenvalue weighted by Gasteiger charge is 2.12. The predicted molar refractivity (Wildman–Crippen MR) is 68.2 cm³/mol. The van der Waals surface area contributed by atoms with Gasteiger partial charge >= 0.3 is 0 Å². The fraction of sp³-hybridized carbons (Fsp3) is 0.417. The largest absolute Gasteiger partial charge is 0.490 e. The topological polar surface area (TPSA) is 55.6 Å². The third-order valence-electron chi connectivity index (χ3n) is 2.29. The number of rotatable bonds is 5. The molecule has 1 amide bonds. The molecule has 0 aliphatic carbocycles. The van der Waals surface area contributed by atoms with Gasteiger partial charge in [-0.15, -0.1) is 0 Å². The molecular weight excluding hydrogens is 240 g/mol. The van der Waals surface area contributed by atoms with Crippen LogP contribution < -0.4 is 10.5 Å². The number of hydrogen-bond donors (Lipinski definition) is 1. The highest BCUT2D eigenvalue weighted by atomic mass is 35.5. The number of para-hydroxylation sites is 1. The Hall–Kier alpha value is -1.26. The molecule has 4 nitrogen and oxygen atoms in total. The second-order valence-corrected chi connectivity index (χ2v) is 4.23. The molecule has 0 saturated carbocycles. The lowest BCUT2D eigenvalue weighted by molar-refractivity contribution is -0.131. The molecule has 0 unspecified atom stereocenters. The van der Waals surface area contributed by atoms with Crippen molar-refractivity contribution in [3.05, 3.63) is 29.3 Å². The summed E-state index contributed by atoms with van der Waals surface area (Å²) < 4.78 is 5.47. The number of halogens is 1. The van der Waals surface area contributed by atoms with Crippen molar-refractivity contribution in [2.75, 3.05) is 20.2 Å². The number of carbonyl (C=O) groups excluding carboxylic acids is 1. The number of carbonyl (C=O) groups is 1. The third kappa shape index (κ3) is 4.24. The molecule has 17 heavy (non-hydrogen) atoms. The van der Waals surface area contributed by atoms with Gasteiger partial charge in [0.2, 0.25) is 5.91 Å². The summed E-state index contributed by atoms with van der Waals surface area (Å²) in [6.07, 6.45) is 0. The first-order valence-electron chi connectivity index (χ1n) is 5.40. The molecule has 1 rings (SSSR count). The number of benzene rings is 1. The molecular formula is C12H17ClN2O2. The number of ether oxygens (including phenoxy) is 1. The highest BCUT2D eigenvalue weighted by molar-refractivity contribution is 6.32. The zero-order valence-electron chi connectivity index (χ0n) is 10.0. The van der Waals surface area contributed by atoms with Crippen molar-refractivity contribution in [2.45, 2.75) is 13.0 Å². The van der Waals surface area contributed by atoms with E-state index >= 15 is 0 Å². The van der Waals surface area contributed by atoms with Crippen LogP contribution in [-0.4, -0.2) is 37.0 Å². The quantitative estimate of drug-likeness (QED) is 0.869. The molecule has 0 spiro atoms. The zero-order valence-corrected chi connectivity index (χ0v) is 10.8. The molecule has 0 aliphatic rings. The van der Waals surface area contributed by atoms with Crippen molar-refractivity contribution in [3.8, 4) is 5.75 Å². The minimum atomic E-state index is -0.486. The Bertz CT molecular complexity index is 383. The molecule has 0 bridgehead atoms. The summed E-state index contributed by atoms with van der Waals surface area (Å²) in [7, 11) is 1.70. The first-order chi connectivity index (χ1) is 8.02. The standard InChI is InChI=1S/C12H17ClN2O2/c1-9(14)12(16)15(2)7-8-17-11-6-4-3-5-10(11)13/h3-6,9H,7-8,14H2,1-2H3/t9-/m1/s1. The molecule has 1 aromatic carbocycles. The lowest BCUT2D eigenvalue weighted by Gasteiger charge is -2.19. The Morgan fingerprint density at radius 2 is 2.18 bits per heavy atom. The van der Waals surface area contributed by atoms with Crippen LogP contribution in [-0.2, 0) is 4.79 Å². The molecule has 1 aromatic rings. The summed E-state index contributed by atoms with van der Waals surface area (Å²) in [5.41, 5.74) is 5.49. The van der Waals surface area contributed by atoms with Crippen LogP contribution in [0.25, 0.3) is 0 Å². The van der Waals surface area contributed by atoms with Crippen LogP contribution in [0.5, 0.6) is 5.75 Å². The van der Waals surface area contributed by atoms with Crippen molar-refractivity contribution in [3.63, 3.8) is 0 Å². The Morgan fingerprint density at radius 3 is 2.76 bits per heavy atom. The van der Waals surface area contributed by atoms with Gasteiger partial charge in [0.1, 0.15) is 12.4 Å². The van der Waals surface area contributed by atoms with E-state index in [1.165, 1.54) is 0 Å². The van der Waals surface area contributed by atoms with Gasteiger partial charge in [0, 0.05) is 7.05 Å². The molecule has 0 saturated heterocycles. The van der Waals surface area contributed by atoms with Gasteiger partial charge in [0.15, 0.2) is 0 Å². The summed E-state index contributed by atoms with van der Waals surface area (Å²) in [6.45, 7) is 2.53. The number of nitrogens with two attached hydrogens (primary N) is 1. The van der Waals surface area contributed by atoms with Crippen LogP contribution in [0, 0.1) is 0 Å². The summed E-state index contributed by atoms with van der Waals surface area (Å²) in [4.78, 5) is 13.0. The molecule has 0 radical (unpaired) electrons. The first kappa shape index (κ1) is 13.8. The summed E-state index contributed by atoms with van der Waals surface area (Å²) >= 11 is 5.93. The fourth-order valence-corrected chi connectivity index (χ4v) is 1.50. The number of amides is 1. The monoisotopic (exact) mass is 256 g/mol. The van der Waals surface area contributed by atoms with E-state index in [-0.39, 0.29) is 5.91 Å². The molecule has 5 heteroatoms. The minimum absolute atomic E-state index is 0.104. The number of hydrogen-bond acceptors (Lipinski definition) is 3. The fourth-order valence-electron chi connectivity index (χ4n) is 1.31. The van der Waals surface area contributed by atoms with Crippen LogP contribution in [0.2, 0.25) is 5.02 Å². The van der Waals surface area contributed by atoms with E-state index in [0.717, 1.165) is 0 Å². The van der Waals surface area contributed by atoms with Crippen LogP contribution in [0.3, 0.4) is 0 Å². The van der Waals surface area contributed by atoms with Crippen LogP contribution >= 0.6 is 11.6 Å². The highest BCUT2D eigenvalue weighted by Crippen LogP contribution is 2.22. The van der Waals surface area contributed by atoms with E-state index < -0.39 is 6.04 Å².